The Morgan fingerprint density at radius 2 is 1.80 bits per heavy atom. The molecule has 1 atom stereocenters. The standard InChI is InChI=1S/C17H29NO2/c1-5-17(13-19,18-6-2)8-7-9-20-16-11-14(3)10-15(4)12-16/h10-12,18-19H,5-9,13H2,1-4H3. The van der Waals surface area contributed by atoms with E-state index in [1.807, 2.05) is 0 Å². The first-order chi connectivity index (χ1) is 9.55. The van der Waals surface area contributed by atoms with Crippen LogP contribution >= 0.6 is 0 Å². The zero-order valence-corrected chi connectivity index (χ0v) is 13.3. The van der Waals surface area contributed by atoms with Crippen molar-refractivity contribution in [3.63, 3.8) is 0 Å². The van der Waals surface area contributed by atoms with Crippen molar-refractivity contribution in [2.45, 2.75) is 52.5 Å². The molecule has 0 amide bonds. The lowest BCUT2D eigenvalue weighted by molar-refractivity contribution is 0.139. The van der Waals surface area contributed by atoms with Gasteiger partial charge in [0.1, 0.15) is 5.75 Å². The number of rotatable bonds is 9. The Bertz CT molecular complexity index is 380. The number of aliphatic hydroxyl groups is 1. The Morgan fingerprint density at radius 3 is 2.30 bits per heavy atom. The second-order valence-electron chi connectivity index (χ2n) is 5.60. The first-order valence-corrected chi connectivity index (χ1v) is 7.62. The molecule has 0 radical (unpaired) electrons. The highest BCUT2D eigenvalue weighted by atomic mass is 16.5. The predicted octanol–water partition coefficient (Wildman–Crippen LogP) is 3.21. The van der Waals surface area contributed by atoms with Crippen molar-refractivity contribution in [3.05, 3.63) is 29.3 Å². The molecular formula is C17H29NO2. The zero-order valence-electron chi connectivity index (χ0n) is 13.3. The largest absolute Gasteiger partial charge is 0.494 e. The van der Waals surface area contributed by atoms with Crippen molar-refractivity contribution in [2.24, 2.45) is 0 Å². The van der Waals surface area contributed by atoms with Gasteiger partial charge in [0.2, 0.25) is 0 Å². The third kappa shape index (κ3) is 5.14. The average molecular weight is 279 g/mol. The highest BCUT2D eigenvalue weighted by Gasteiger charge is 2.25. The molecule has 0 saturated carbocycles. The molecule has 0 heterocycles. The number of benzene rings is 1. The molecule has 1 rings (SSSR count). The summed E-state index contributed by atoms with van der Waals surface area (Å²) >= 11 is 0. The molecule has 0 aliphatic rings. The summed E-state index contributed by atoms with van der Waals surface area (Å²) in [5.74, 6) is 0.942. The Labute approximate surface area is 123 Å². The van der Waals surface area contributed by atoms with Gasteiger partial charge in [-0.25, -0.2) is 0 Å². The molecule has 0 bridgehead atoms. The van der Waals surface area contributed by atoms with Crippen molar-refractivity contribution in [1.29, 1.82) is 0 Å². The SMILES string of the molecule is CCNC(CC)(CO)CCCOc1cc(C)cc(C)c1. The first kappa shape index (κ1) is 17.0. The predicted molar refractivity (Wildman–Crippen MR) is 84.4 cm³/mol. The summed E-state index contributed by atoms with van der Waals surface area (Å²) in [6, 6.07) is 6.28. The van der Waals surface area contributed by atoms with Gasteiger partial charge in [0.05, 0.1) is 13.2 Å². The fourth-order valence-electron chi connectivity index (χ4n) is 2.63. The Morgan fingerprint density at radius 1 is 1.15 bits per heavy atom. The quantitative estimate of drug-likeness (QED) is 0.682. The monoisotopic (exact) mass is 279 g/mol. The van der Waals surface area contributed by atoms with Crippen molar-refractivity contribution in [2.75, 3.05) is 19.8 Å². The maximum absolute atomic E-state index is 9.59. The van der Waals surface area contributed by atoms with Gasteiger partial charge < -0.3 is 15.2 Å². The molecule has 1 aromatic rings. The van der Waals surface area contributed by atoms with Crippen LogP contribution in [0.5, 0.6) is 5.75 Å². The van der Waals surface area contributed by atoms with Crippen molar-refractivity contribution < 1.29 is 9.84 Å². The Balaban J connectivity index is 2.43. The van der Waals surface area contributed by atoms with Crippen LogP contribution in [-0.4, -0.2) is 30.4 Å². The van der Waals surface area contributed by atoms with Gasteiger partial charge in [0.25, 0.3) is 0 Å². The van der Waals surface area contributed by atoms with E-state index >= 15 is 0 Å². The molecule has 0 aromatic heterocycles. The molecule has 0 saturated heterocycles. The highest BCUT2D eigenvalue weighted by Crippen LogP contribution is 2.19. The van der Waals surface area contributed by atoms with Gasteiger partial charge in [0, 0.05) is 5.54 Å². The lowest BCUT2D eigenvalue weighted by Crippen LogP contribution is -2.48. The number of ether oxygens (including phenoxy) is 1. The summed E-state index contributed by atoms with van der Waals surface area (Å²) in [7, 11) is 0. The van der Waals surface area contributed by atoms with E-state index in [4.69, 9.17) is 4.74 Å². The maximum atomic E-state index is 9.59. The molecule has 1 unspecified atom stereocenters. The van der Waals surface area contributed by atoms with Crippen LogP contribution in [0.1, 0.15) is 44.2 Å². The van der Waals surface area contributed by atoms with Gasteiger partial charge >= 0.3 is 0 Å². The molecule has 0 spiro atoms. The van der Waals surface area contributed by atoms with Crippen LogP contribution in [0.3, 0.4) is 0 Å². The lowest BCUT2D eigenvalue weighted by Gasteiger charge is -2.31. The van der Waals surface area contributed by atoms with E-state index in [0.29, 0.717) is 6.61 Å². The Hall–Kier alpha value is -1.06. The summed E-state index contributed by atoms with van der Waals surface area (Å²) < 4.78 is 5.82. The number of nitrogens with one attached hydrogen (secondary N) is 1. The summed E-state index contributed by atoms with van der Waals surface area (Å²) in [6.45, 7) is 10.1. The molecule has 2 N–H and O–H groups in total. The van der Waals surface area contributed by atoms with Gasteiger partial charge in [-0.15, -0.1) is 0 Å². The van der Waals surface area contributed by atoms with E-state index < -0.39 is 0 Å². The summed E-state index contributed by atoms with van der Waals surface area (Å²) in [6.07, 6.45) is 2.80. The number of likely N-dealkylation sites (N-methyl/N-ethyl adjacent to an activating group) is 1. The fraction of sp³-hybridized carbons (Fsp3) is 0.647. The second-order valence-corrected chi connectivity index (χ2v) is 5.60. The van der Waals surface area contributed by atoms with Crippen molar-refractivity contribution >= 4 is 0 Å². The minimum atomic E-state index is -0.152. The number of hydrogen-bond donors (Lipinski definition) is 2. The maximum Gasteiger partial charge on any atom is 0.119 e. The van der Waals surface area contributed by atoms with Crippen LogP contribution in [0, 0.1) is 13.8 Å². The summed E-state index contributed by atoms with van der Waals surface area (Å²) in [5.41, 5.74) is 2.30. The third-order valence-electron chi connectivity index (χ3n) is 3.79. The summed E-state index contributed by atoms with van der Waals surface area (Å²) in [4.78, 5) is 0. The molecule has 0 fully saturated rings. The van der Waals surface area contributed by atoms with Crippen molar-refractivity contribution in [1.82, 2.24) is 5.32 Å². The lowest BCUT2D eigenvalue weighted by atomic mass is 9.91. The van der Waals surface area contributed by atoms with Crippen LogP contribution in [-0.2, 0) is 0 Å². The van der Waals surface area contributed by atoms with Crippen LogP contribution in [0.25, 0.3) is 0 Å². The second kappa shape index (κ2) is 8.28. The zero-order chi connectivity index (χ0) is 15.0. The molecule has 20 heavy (non-hydrogen) atoms. The van der Waals surface area contributed by atoms with E-state index in [1.54, 1.807) is 0 Å². The van der Waals surface area contributed by atoms with Gasteiger partial charge in [-0.3, -0.25) is 0 Å². The minimum absolute atomic E-state index is 0.152. The molecular weight excluding hydrogens is 250 g/mol. The third-order valence-corrected chi connectivity index (χ3v) is 3.79. The normalized spacial score (nSPS) is 14.1. The van der Waals surface area contributed by atoms with E-state index in [9.17, 15) is 5.11 Å². The smallest absolute Gasteiger partial charge is 0.119 e. The number of hydrogen-bond acceptors (Lipinski definition) is 3. The number of aliphatic hydroxyl groups excluding tert-OH is 1. The van der Waals surface area contributed by atoms with E-state index in [-0.39, 0.29) is 12.1 Å². The van der Waals surface area contributed by atoms with Gasteiger partial charge in [-0.05, 0) is 62.9 Å². The highest BCUT2D eigenvalue weighted by molar-refractivity contribution is 5.32. The molecule has 1 aromatic carbocycles. The van der Waals surface area contributed by atoms with E-state index in [2.05, 4.69) is 51.2 Å². The van der Waals surface area contributed by atoms with Crippen molar-refractivity contribution in [3.8, 4) is 5.75 Å². The van der Waals surface area contributed by atoms with Crippen LogP contribution in [0.15, 0.2) is 18.2 Å². The van der Waals surface area contributed by atoms with Crippen LogP contribution < -0.4 is 10.1 Å². The van der Waals surface area contributed by atoms with E-state index in [0.717, 1.165) is 31.6 Å². The molecule has 0 aliphatic heterocycles. The average Bonchev–Trinajstić information content (AvgIpc) is 2.41. The molecule has 114 valence electrons. The van der Waals surface area contributed by atoms with Gasteiger partial charge in [-0.1, -0.05) is 19.9 Å². The Kier molecular flexibility index (Phi) is 7.03. The van der Waals surface area contributed by atoms with Crippen LogP contribution in [0.2, 0.25) is 0 Å². The molecule has 0 aliphatic carbocycles. The van der Waals surface area contributed by atoms with Crippen LogP contribution in [0.4, 0.5) is 0 Å². The fourth-order valence-corrected chi connectivity index (χ4v) is 2.63. The van der Waals surface area contributed by atoms with Gasteiger partial charge in [-0.2, -0.15) is 0 Å². The minimum Gasteiger partial charge on any atom is -0.494 e. The topological polar surface area (TPSA) is 41.5 Å². The first-order valence-electron chi connectivity index (χ1n) is 7.62. The number of aryl methyl sites for hydroxylation is 2. The molecule has 3 heteroatoms. The van der Waals surface area contributed by atoms with E-state index in [1.165, 1.54) is 11.1 Å². The summed E-state index contributed by atoms with van der Waals surface area (Å²) in [5, 5.41) is 13.0. The molecule has 3 nitrogen and oxygen atoms in total. The van der Waals surface area contributed by atoms with Gasteiger partial charge in [0.15, 0.2) is 0 Å².